The zero-order chi connectivity index (χ0) is 14.0. The van der Waals surface area contributed by atoms with Crippen molar-refractivity contribution in [3.05, 3.63) is 45.9 Å². The highest BCUT2D eigenvalue weighted by Gasteiger charge is 2.16. The number of halogens is 1. The summed E-state index contributed by atoms with van der Waals surface area (Å²) in [5, 5.41) is 13.0. The molecule has 0 bridgehead atoms. The van der Waals surface area contributed by atoms with E-state index >= 15 is 0 Å². The molecule has 0 saturated heterocycles. The highest BCUT2D eigenvalue weighted by atomic mass is 35.5. The first-order chi connectivity index (χ1) is 8.99. The summed E-state index contributed by atoms with van der Waals surface area (Å²) < 4.78 is 0. The van der Waals surface area contributed by atoms with Crippen LogP contribution in [0.15, 0.2) is 29.6 Å². The molecule has 1 aromatic carbocycles. The Bertz CT molecular complexity index is 556. The summed E-state index contributed by atoms with van der Waals surface area (Å²) in [5.41, 5.74) is 1.86. The van der Waals surface area contributed by atoms with Crippen molar-refractivity contribution in [1.29, 1.82) is 0 Å². The van der Waals surface area contributed by atoms with Gasteiger partial charge in [-0.1, -0.05) is 23.7 Å². The second-order valence-electron chi connectivity index (χ2n) is 4.57. The van der Waals surface area contributed by atoms with Crippen LogP contribution in [0, 0.1) is 0 Å². The molecule has 0 fully saturated rings. The monoisotopic (exact) mass is 296 g/mol. The number of rotatable bonds is 4. The van der Waals surface area contributed by atoms with E-state index in [1.54, 1.807) is 6.92 Å². The molecular formula is C14H17ClN2OS. The summed E-state index contributed by atoms with van der Waals surface area (Å²) in [6.07, 6.45) is -0.528. The normalized spacial score (nSPS) is 14.2. The molecule has 2 atom stereocenters. The SMILES string of the molecule is CC(O)c1csc(N(C)C(C)c2cccc(Cl)c2)n1. The van der Waals surface area contributed by atoms with Gasteiger partial charge in [0, 0.05) is 17.5 Å². The molecule has 1 aromatic heterocycles. The van der Waals surface area contributed by atoms with Crippen LogP contribution < -0.4 is 4.90 Å². The largest absolute Gasteiger partial charge is 0.387 e. The van der Waals surface area contributed by atoms with Gasteiger partial charge in [-0.25, -0.2) is 4.98 Å². The van der Waals surface area contributed by atoms with Crippen molar-refractivity contribution in [3.8, 4) is 0 Å². The van der Waals surface area contributed by atoms with Crippen molar-refractivity contribution in [2.24, 2.45) is 0 Å². The van der Waals surface area contributed by atoms with Gasteiger partial charge in [0.15, 0.2) is 5.13 Å². The van der Waals surface area contributed by atoms with Crippen LogP contribution >= 0.6 is 22.9 Å². The number of hydrogen-bond acceptors (Lipinski definition) is 4. The van der Waals surface area contributed by atoms with Gasteiger partial charge in [-0.2, -0.15) is 0 Å². The summed E-state index contributed by atoms with van der Waals surface area (Å²) >= 11 is 7.56. The maximum Gasteiger partial charge on any atom is 0.185 e. The quantitative estimate of drug-likeness (QED) is 0.925. The zero-order valence-electron chi connectivity index (χ0n) is 11.2. The van der Waals surface area contributed by atoms with Crippen molar-refractivity contribution in [3.63, 3.8) is 0 Å². The van der Waals surface area contributed by atoms with Crippen molar-refractivity contribution < 1.29 is 5.11 Å². The highest BCUT2D eigenvalue weighted by Crippen LogP contribution is 2.30. The lowest BCUT2D eigenvalue weighted by Gasteiger charge is -2.24. The van der Waals surface area contributed by atoms with E-state index in [9.17, 15) is 5.11 Å². The Morgan fingerprint density at radius 3 is 2.68 bits per heavy atom. The average Bonchev–Trinajstić information content (AvgIpc) is 2.86. The van der Waals surface area contributed by atoms with Gasteiger partial charge in [0.1, 0.15) is 0 Å². The maximum absolute atomic E-state index is 9.52. The molecule has 3 nitrogen and oxygen atoms in total. The summed E-state index contributed by atoms with van der Waals surface area (Å²) in [4.78, 5) is 6.53. The van der Waals surface area contributed by atoms with E-state index in [0.717, 1.165) is 15.7 Å². The van der Waals surface area contributed by atoms with Gasteiger partial charge >= 0.3 is 0 Å². The van der Waals surface area contributed by atoms with Crippen LogP contribution in [0.1, 0.15) is 37.3 Å². The lowest BCUT2D eigenvalue weighted by molar-refractivity contribution is 0.195. The Morgan fingerprint density at radius 1 is 1.37 bits per heavy atom. The fourth-order valence-corrected chi connectivity index (χ4v) is 2.94. The third-order valence-corrected chi connectivity index (χ3v) is 4.34. The molecule has 1 heterocycles. The number of benzene rings is 1. The first-order valence-electron chi connectivity index (χ1n) is 6.11. The first-order valence-corrected chi connectivity index (χ1v) is 7.36. The average molecular weight is 297 g/mol. The van der Waals surface area contributed by atoms with Crippen LogP contribution in [0.2, 0.25) is 5.02 Å². The standard InChI is InChI=1S/C14H17ClN2OS/c1-9(11-5-4-6-12(15)7-11)17(3)14-16-13(8-19-14)10(2)18/h4-10,18H,1-3H3. The number of nitrogens with zero attached hydrogens (tertiary/aromatic N) is 2. The van der Waals surface area contributed by atoms with Gasteiger partial charge in [-0.05, 0) is 31.5 Å². The van der Waals surface area contributed by atoms with Gasteiger partial charge in [0.25, 0.3) is 0 Å². The number of aliphatic hydroxyl groups excluding tert-OH is 1. The number of anilines is 1. The lowest BCUT2D eigenvalue weighted by atomic mass is 10.1. The number of aromatic nitrogens is 1. The van der Waals surface area contributed by atoms with E-state index in [1.165, 1.54) is 11.3 Å². The molecule has 19 heavy (non-hydrogen) atoms. The fraction of sp³-hybridized carbons (Fsp3) is 0.357. The molecule has 5 heteroatoms. The predicted octanol–water partition coefficient (Wildman–Crippen LogP) is 4.05. The number of aliphatic hydroxyl groups is 1. The van der Waals surface area contributed by atoms with E-state index in [0.29, 0.717) is 5.69 Å². The third-order valence-electron chi connectivity index (χ3n) is 3.15. The Hall–Kier alpha value is -1.10. The zero-order valence-corrected chi connectivity index (χ0v) is 12.7. The predicted molar refractivity (Wildman–Crippen MR) is 81.0 cm³/mol. The Labute approximate surface area is 122 Å². The maximum atomic E-state index is 9.52. The summed E-state index contributed by atoms with van der Waals surface area (Å²) in [6, 6.07) is 8.01. The van der Waals surface area contributed by atoms with Crippen LogP contribution in [0.3, 0.4) is 0 Å². The first kappa shape index (κ1) is 14.3. The van der Waals surface area contributed by atoms with Crippen molar-refractivity contribution in [1.82, 2.24) is 4.98 Å². The second-order valence-corrected chi connectivity index (χ2v) is 5.85. The molecule has 0 amide bonds. The highest BCUT2D eigenvalue weighted by molar-refractivity contribution is 7.13. The van der Waals surface area contributed by atoms with Crippen LogP contribution in [0.4, 0.5) is 5.13 Å². The van der Waals surface area contributed by atoms with E-state index in [1.807, 2.05) is 30.6 Å². The minimum Gasteiger partial charge on any atom is -0.387 e. The minimum atomic E-state index is -0.528. The van der Waals surface area contributed by atoms with Crippen molar-refractivity contribution in [2.75, 3.05) is 11.9 Å². The number of hydrogen-bond donors (Lipinski definition) is 1. The Kier molecular flexibility index (Phi) is 4.45. The summed E-state index contributed by atoms with van der Waals surface area (Å²) in [5.74, 6) is 0. The molecule has 0 aliphatic heterocycles. The molecule has 1 N–H and O–H groups in total. The van der Waals surface area contributed by atoms with Gasteiger partial charge in [0.2, 0.25) is 0 Å². The van der Waals surface area contributed by atoms with Crippen LogP contribution in [-0.4, -0.2) is 17.1 Å². The molecule has 0 aliphatic carbocycles. The molecule has 102 valence electrons. The molecular weight excluding hydrogens is 280 g/mol. The Morgan fingerprint density at radius 2 is 2.11 bits per heavy atom. The summed E-state index contributed by atoms with van der Waals surface area (Å²) in [7, 11) is 2.00. The van der Waals surface area contributed by atoms with Crippen molar-refractivity contribution >= 4 is 28.1 Å². The molecule has 2 unspecified atom stereocenters. The smallest absolute Gasteiger partial charge is 0.185 e. The van der Waals surface area contributed by atoms with E-state index in [4.69, 9.17) is 11.6 Å². The van der Waals surface area contributed by atoms with Gasteiger partial charge in [-0.15, -0.1) is 11.3 Å². The summed E-state index contributed by atoms with van der Waals surface area (Å²) in [6.45, 7) is 3.83. The van der Waals surface area contributed by atoms with Crippen LogP contribution in [0.5, 0.6) is 0 Å². The van der Waals surface area contributed by atoms with E-state index < -0.39 is 6.10 Å². The Balaban J connectivity index is 2.20. The molecule has 0 aliphatic rings. The topological polar surface area (TPSA) is 36.4 Å². The minimum absolute atomic E-state index is 0.173. The third kappa shape index (κ3) is 3.26. The van der Waals surface area contributed by atoms with E-state index in [-0.39, 0.29) is 6.04 Å². The fourth-order valence-electron chi connectivity index (χ4n) is 1.79. The second kappa shape index (κ2) is 5.90. The molecule has 2 aromatic rings. The lowest BCUT2D eigenvalue weighted by Crippen LogP contribution is -2.21. The molecule has 0 saturated carbocycles. The van der Waals surface area contributed by atoms with Gasteiger partial charge < -0.3 is 10.0 Å². The number of thiazole rings is 1. The van der Waals surface area contributed by atoms with Crippen LogP contribution in [0.25, 0.3) is 0 Å². The molecule has 0 spiro atoms. The van der Waals surface area contributed by atoms with Gasteiger partial charge in [0.05, 0.1) is 17.8 Å². The van der Waals surface area contributed by atoms with E-state index in [2.05, 4.69) is 22.9 Å². The molecule has 2 rings (SSSR count). The van der Waals surface area contributed by atoms with Crippen molar-refractivity contribution in [2.45, 2.75) is 26.0 Å². The molecule has 0 radical (unpaired) electrons. The van der Waals surface area contributed by atoms with Crippen LogP contribution in [-0.2, 0) is 0 Å². The van der Waals surface area contributed by atoms with Gasteiger partial charge in [-0.3, -0.25) is 0 Å².